The van der Waals surface area contributed by atoms with Crippen LogP contribution in [0, 0.1) is 0 Å². The molecular weight excluding hydrogens is 426 g/mol. The van der Waals surface area contributed by atoms with E-state index in [1.54, 1.807) is 7.05 Å². The Morgan fingerprint density at radius 2 is 1.76 bits per heavy atom. The number of carbonyl (C=O) groups is 1. The third-order valence-corrected chi connectivity index (χ3v) is 6.30. The fourth-order valence-electron chi connectivity index (χ4n) is 4.49. The van der Waals surface area contributed by atoms with Crippen LogP contribution in [0.15, 0.2) is 65.3 Å². The highest BCUT2D eigenvalue weighted by molar-refractivity contribution is 9.10. The SMILES string of the molecule is CNC(=O)c1c2c3n(c(-c4ccc(Br)cc4)cn3c1-c1ccccc1)CCCC2. The lowest BCUT2D eigenvalue weighted by atomic mass is 10.0. The first-order valence-electron chi connectivity index (χ1n) is 9.99. The predicted octanol–water partition coefficient (Wildman–Crippen LogP) is 5.53. The molecule has 0 aliphatic carbocycles. The van der Waals surface area contributed by atoms with E-state index in [1.165, 1.54) is 11.3 Å². The second-order valence-corrected chi connectivity index (χ2v) is 8.39. The van der Waals surface area contributed by atoms with Crippen LogP contribution in [-0.4, -0.2) is 21.9 Å². The molecule has 4 aromatic rings. The first-order valence-corrected chi connectivity index (χ1v) is 10.8. The molecule has 0 fully saturated rings. The van der Waals surface area contributed by atoms with Gasteiger partial charge in [0, 0.05) is 29.8 Å². The molecule has 4 nitrogen and oxygen atoms in total. The predicted molar refractivity (Wildman–Crippen MR) is 120 cm³/mol. The summed E-state index contributed by atoms with van der Waals surface area (Å²) in [5, 5.41) is 2.87. The summed E-state index contributed by atoms with van der Waals surface area (Å²) in [6.07, 6.45) is 5.31. The standard InChI is InChI=1S/C24H22BrN3O/c1-26-23(29)21-19-9-5-6-14-27-20(16-10-12-18(25)13-11-16)15-28(24(19)27)22(21)17-7-3-2-4-8-17/h2-4,7-8,10-13,15H,5-6,9,14H2,1H3,(H,26,29). The minimum absolute atomic E-state index is 0.0128. The second-order valence-electron chi connectivity index (χ2n) is 7.47. The van der Waals surface area contributed by atoms with E-state index in [9.17, 15) is 4.79 Å². The summed E-state index contributed by atoms with van der Waals surface area (Å²) in [6, 6.07) is 18.7. The number of benzene rings is 2. The smallest absolute Gasteiger partial charge is 0.253 e. The molecule has 0 radical (unpaired) electrons. The average molecular weight is 448 g/mol. The van der Waals surface area contributed by atoms with Gasteiger partial charge in [-0.05, 0) is 42.5 Å². The Labute approximate surface area is 178 Å². The van der Waals surface area contributed by atoms with Crippen LogP contribution in [-0.2, 0) is 13.0 Å². The van der Waals surface area contributed by atoms with Crippen LogP contribution in [0.25, 0.3) is 28.2 Å². The largest absolute Gasteiger partial charge is 0.355 e. The lowest BCUT2D eigenvalue weighted by Gasteiger charge is -2.09. The summed E-state index contributed by atoms with van der Waals surface area (Å²) >= 11 is 3.54. The fourth-order valence-corrected chi connectivity index (χ4v) is 4.75. The second kappa shape index (κ2) is 7.23. The van der Waals surface area contributed by atoms with Crippen LogP contribution in [0.3, 0.4) is 0 Å². The number of carbonyl (C=O) groups excluding carboxylic acids is 1. The first-order chi connectivity index (χ1) is 14.2. The molecule has 0 atom stereocenters. The number of nitrogens with one attached hydrogen (secondary N) is 1. The van der Waals surface area contributed by atoms with E-state index in [1.807, 2.05) is 18.2 Å². The number of hydrogen-bond donors (Lipinski definition) is 1. The van der Waals surface area contributed by atoms with Crippen molar-refractivity contribution in [2.75, 3.05) is 7.05 Å². The van der Waals surface area contributed by atoms with Crippen molar-refractivity contribution in [2.45, 2.75) is 25.8 Å². The molecule has 1 aliphatic heterocycles. The highest BCUT2D eigenvalue weighted by Crippen LogP contribution is 2.38. The van der Waals surface area contributed by atoms with Crippen molar-refractivity contribution in [2.24, 2.45) is 0 Å². The summed E-state index contributed by atoms with van der Waals surface area (Å²) in [4.78, 5) is 13.0. The number of aryl methyl sites for hydroxylation is 2. The fraction of sp³-hybridized carbons (Fsp3) is 0.208. The molecule has 0 spiro atoms. The van der Waals surface area contributed by atoms with Gasteiger partial charge in [0.1, 0.15) is 5.65 Å². The molecule has 2 aromatic heterocycles. The van der Waals surface area contributed by atoms with Gasteiger partial charge in [0.25, 0.3) is 5.91 Å². The zero-order valence-electron chi connectivity index (χ0n) is 16.3. The van der Waals surface area contributed by atoms with E-state index >= 15 is 0 Å². The van der Waals surface area contributed by atoms with Crippen LogP contribution in [0.2, 0.25) is 0 Å². The van der Waals surface area contributed by atoms with Gasteiger partial charge in [-0.3, -0.25) is 9.20 Å². The molecule has 146 valence electrons. The van der Waals surface area contributed by atoms with E-state index in [0.29, 0.717) is 0 Å². The van der Waals surface area contributed by atoms with Crippen LogP contribution in [0.5, 0.6) is 0 Å². The molecule has 2 aromatic carbocycles. The lowest BCUT2D eigenvalue weighted by molar-refractivity contribution is 0.0963. The number of imidazole rings is 1. The Bertz CT molecular complexity index is 1200. The van der Waals surface area contributed by atoms with Gasteiger partial charge in [-0.2, -0.15) is 0 Å². The monoisotopic (exact) mass is 447 g/mol. The molecule has 1 amide bonds. The minimum Gasteiger partial charge on any atom is -0.355 e. The molecular formula is C24H22BrN3O. The lowest BCUT2D eigenvalue weighted by Crippen LogP contribution is -2.19. The topological polar surface area (TPSA) is 38.4 Å². The number of aromatic nitrogens is 2. The van der Waals surface area contributed by atoms with Crippen LogP contribution < -0.4 is 5.32 Å². The van der Waals surface area contributed by atoms with Gasteiger partial charge in [0.2, 0.25) is 0 Å². The minimum atomic E-state index is -0.0128. The van der Waals surface area contributed by atoms with Gasteiger partial charge in [0.15, 0.2) is 0 Å². The Morgan fingerprint density at radius 1 is 1.00 bits per heavy atom. The normalized spacial score (nSPS) is 13.4. The number of nitrogens with zero attached hydrogens (tertiary/aromatic N) is 2. The number of halogens is 1. The summed E-state index contributed by atoms with van der Waals surface area (Å²) < 4.78 is 5.70. The molecule has 5 rings (SSSR count). The van der Waals surface area contributed by atoms with E-state index in [-0.39, 0.29) is 5.91 Å². The molecule has 29 heavy (non-hydrogen) atoms. The van der Waals surface area contributed by atoms with E-state index < -0.39 is 0 Å². The molecule has 0 bridgehead atoms. The summed E-state index contributed by atoms with van der Waals surface area (Å²) in [6.45, 7) is 0.959. The Hall–Kier alpha value is -2.79. The summed E-state index contributed by atoms with van der Waals surface area (Å²) in [5.74, 6) is -0.0128. The zero-order chi connectivity index (χ0) is 20.0. The van der Waals surface area contributed by atoms with E-state index in [2.05, 4.69) is 72.8 Å². The highest BCUT2D eigenvalue weighted by Gasteiger charge is 2.29. The molecule has 1 N–H and O–H groups in total. The average Bonchev–Trinajstić information content (AvgIpc) is 3.17. The summed E-state index contributed by atoms with van der Waals surface area (Å²) in [5.41, 5.74) is 7.54. The van der Waals surface area contributed by atoms with Gasteiger partial charge in [-0.25, -0.2) is 0 Å². The van der Waals surface area contributed by atoms with Crippen LogP contribution in [0.4, 0.5) is 0 Å². The van der Waals surface area contributed by atoms with E-state index in [4.69, 9.17) is 0 Å². The molecule has 0 saturated carbocycles. The third kappa shape index (κ3) is 2.92. The van der Waals surface area contributed by atoms with Crippen molar-refractivity contribution in [1.29, 1.82) is 0 Å². The summed E-state index contributed by atoms with van der Waals surface area (Å²) in [7, 11) is 1.71. The molecule has 1 aliphatic rings. The quantitative estimate of drug-likeness (QED) is 0.440. The van der Waals surface area contributed by atoms with Gasteiger partial charge in [0.05, 0.1) is 17.0 Å². The van der Waals surface area contributed by atoms with Gasteiger partial charge >= 0.3 is 0 Å². The third-order valence-electron chi connectivity index (χ3n) is 5.78. The number of hydrogen-bond acceptors (Lipinski definition) is 1. The van der Waals surface area contributed by atoms with Crippen molar-refractivity contribution in [3.05, 3.63) is 76.4 Å². The number of amides is 1. The molecule has 3 heterocycles. The van der Waals surface area contributed by atoms with Crippen molar-refractivity contribution in [3.8, 4) is 22.5 Å². The van der Waals surface area contributed by atoms with Crippen molar-refractivity contribution in [3.63, 3.8) is 0 Å². The Kier molecular flexibility index (Phi) is 4.55. The van der Waals surface area contributed by atoms with Crippen LogP contribution >= 0.6 is 15.9 Å². The Morgan fingerprint density at radius 3 is 2.48 bits per heavy atom. The van der Waals surface area contributed by atoms with Crippen molar-refractivity contribution < 1.29 is 4.79 Å². The van der Waals surface area contributed by atoms with E-state index in [0.717, 1.165) is 58.3 Å². The number of rotatable bonds is 3. The maximum Gasteiger partial charge on any atom is 0.253 e. The highest BCUT2D eigenvalue weighted by atomic mass is 79.9. The maximum atomic E-state index is 13.0. The van der Waals surface area contributed by atoms with Gasteiger partial charge in [-0.1, -0.05) is 58.4 Å². The zero-order valence-corrected chi connectivity index (χ0v) is 17.9. The van der Waals surface area contributed by atoms with Crippen molar-refractivity contribution in [1.82, 2.24) is 14.3 Å². The van der Waals surface area contributed by atoms with Crippen LogP contribution in [0.1, 0.15) is 28.8 Å². The molecule has 5 heteroatoms. The molecule has 0 unspecified atom stereocenters. The van der Waals surface area contributed by atoms with Gasteiger partial charge < -0.3 is 9.88 Å². The maximum absolute atomic E-state index is 13.0. The first kappa shape index (κ1) is 18.3. The Balaban J connectivity index is 1.87. The molecule has 0 saturated heterocycles. The van der Waals surface area contributed by atoms with Crippen molar-refractivity contribution >= 4 is 27.5 Å². The van der Waals surface area contributed by atoms with Gasteiger partial charge in [-0.15, -0.1) is 0 Å².